The quantitative estimate of drug-likeness (QED) is 0.898. The van der Waals surface area contributed by atoms with Gasteiger partial charge in [-0.05, 0) is 37.0 Å². The third-order valence-electron chi connectivity index (χ3n) is 3.98. The van der Waals surface area contributed by atoms with Gasteiger partial charge in [-0.3, -0.25) is 4.79 Å². The summed E-state index contributed by atoms with van der Waals surface area (Å²) in [4.78, 5) is 25.6. The average Bonchev–Trinajstić information content (AvgIpc) is 2.55. The molecule has 2 N–H and O–H groups in total. The maximum Gasteiger partial charge on any atom is 0.321 e. The van der Waals surface area contributed by atoms with Gasteiger partial charge < -0.3 is 15.5 Å². The number of carbonyl (C=O) groups excluding carboxylic acids is 2. The van der Waals surface area contributed by atoms with Gasteiger partial charge in [0.2, 0.25) is 5.91 Å². The highest BCUT2D eigenvalue weighted by atomic mass is 16.2. The molecule has 1 heterocycles. The van der Waals surface area contributed by atoms with Crippen molar-refractivity contribution in [2.24, 2.45) is 0 Å². The van der Waals surface area contributed by atoms with Crippen LogP contribution in [-0.4, -0.2) is 36.0 Å². The van der Waals surface area contributed by atoms with Gasteiger partial charge in [0.15, 0.2) is 0 Å². The predicted octanol–water partition coefficient (Wildman–Crippen LogP) is 2.77. The third kappa shape index (κ3) is 4.48. The fraction of sp³-hybridized carbons (Fsp3) is 0.529. The molecular weight excluding hydrogens is 278 g/mol. The van der Waals surface area contributed by atoms with E-state index in [1.54, 1.807) is 4.90 Å². The lowest BCUT2D eigenvalue weighted by Gasteiger charge is -2.33. The van der Waals surface area contributed by atoms with Crippen molar-refractivity contribution in [3.8, 4) is 0 Å². The zero-order chi connectivity index (χ0) is 15.9. The number of carbonyl (C=O) groups is 2. The Bertz CT molecular complexity index is 530. The van der Waals surface area contributed by atoms with Crippen molar-refractivity contribution in [1.82, 2.24) is 10.2 Å². The second-order valence-electron chi connectivity index (χ2n) is 5.69. The number of benzene rings is 1. The Balaban J connectivity index is 1.92. The monoisotopic (exact) mass is 303 g/mol. The molecule has 22 heavy (non-hydrogen) atoms. The zero-order valence-electron chi connectivity index (χ0n) is 13.4. The van der Waals surface area contributed by atoms with Crippen LogP contribution in [0.1, 0.15) is 38.7 Å². The van der Waals surface area contributed by atoms with E-state index in [0.29, 0.717) is 13.0 Å². The lowest BCUT2D eigenvalue weighted by atomic mass is 10.1. The van der Waals surface area contributed by atoms with Gasteiger partial charge in [0, 0.05) is 31.2 Å². The van der Waals surface area contributed by atoms with Crippen LogP contribution in [0.5, 0.6) is 0 Å². The summed E-state index contributed by atoms with van der Waals surface area (Å²) in [7, 11) is 0. The molecule has 0 spiro atoms. The van der Waals surface area contributed by atoms with E-state index < -0.39 is 0 Å². The summed E-state index contributed by atoms with van der Waals surface area (Å²) in [5.41, 5.74) is 2.02. The van der Waals surface area contributed by atoms with Crippen LogP contribution < -0.4 is 10.6 Å². The van der Waals surface area contributed by atoms with Crippen molar-refractivity contribution in [2.75, 3.05) is 18.4 Å². The Morgan fingerprint density at radius 3 is 2.86 bits per heavy atom. The van der Waals surface area contributed by atoms with Crippen molar-refractivity contribution < 1.29 is 9.59 Å². The number of piperidine rings is 1. The fourth-order valence-corrected chi connectivity index (χ4v) is 2.68. The largest absolute Gasteiger partial charge is 0.352 e. The summed E-state index contributed by atoms with van der Waals surface area (Å²) in [6.45, 7) is 5.23. The SMILES string of the molecule is CCC(=O)N[C@@H]1CCCN(C(=O)Nc2cccc(CC)c2)C1. The van der Waals surface area contributed by atoms with Crippen molar-refractivity contribution in [1.29, 1.82) is 0 Å². The zero-order valence-corrected chi connectivity index (χ0v) is 13.4. The van der Waals surface area contributed by atoms with Gasteiger partial charge in [0.1, 0.15) is 0 Å². The van der Waals surface area contributed by atoms with Gasteiger partial charge in [-0.1, -0.05) is 26.0 Å². The Hall–Kier alpha value is -2.04. The number of amides is 3. The van der Waals surface area contributed by atoms with E-state index in [9.17, 15) is 9.59 Å². The summed E-state index contributed by atoms with van der Waals surface area (Å²) in [5.74, 6) is 0.0444. The summed E-state index contributed by atoms with van der Waals surface area (Å²) in [6.07, 6.45) is 3.27. The average molecular weight is 303 g/mol. The molecule has 0 saturated carbocycles. The molecule has 5 heteroatoms. The molecule has 0 aliphatic carbocycles. The Labute approximate surface area is 132 Å². The fourth-order valence-electron chi connectivity index (χ4n) is 2.68. The first-order chi connectivity index (χ1) is 10.6. The number of aryl methyl sites for hydroxylation is 1. The van der Waals surface area contributed by atoms with Crippen LogP contribution >= 0.6 is 0 Å². The second-order valence-corrected chi connectivity index (χ2v) is 5.69. The number of hydrogen-bond donors (Lipinski definition) is 2. The summed E-state index contributed by atoms with van der Waals surface area (Å²) in [5, 5.41) is 5.92. The topological polar surface area (TPSA) is 61.4 Å². The van der Waals surface area contributed by atoms with Gasteiger partial charge in [-0.15, -0.1) is 0 Å². The summed E-state index contributed by atoms with van der Waals surface area (Å²) >= 11 is 0. The molecule has 0 radical (unpaired) electrons. The number of likely N-dealkylation sites (tertiary alicyclic amines) is 1. The standard InChI is InChI=1S/C17H25N3O2/c1-3-13-7-5-8-14(11-13)19-17(22)20-10-6-9-15(12-20)18-16(21)4-2/h5,7-8,11,15H,3-4,6,9-10,12H2,1-2H3,(H,18,21)(H,19,22)/t15-/m1/s1. The van der Waals surface area contributed by atoms with Gasteiger partial charge in [-0.2, -0.15) is 0 Å². The van der Waals surface area contributed by atoms with E-state index in [-0.39, 0.29) is 18.0 Å². The molecule has 1 saturated heterocycles. The molecule has 1 aliphatic heterocycles. The van der Waals surface area contributed by atoms with Crippen LogP contribution in [0.4, 0.5) is 10.5 Å². The number of nitrogens with zero attached hydrogens (tertiary/aromatic N) is 1. The van der Waals surface area contributed by atoms with Crippen LogP contribution in [0.15, 0.2) is 24.3 Å². The molecule has 0 unspecified atom stereocenters. The first kappa shape index (κ1) is 16.3. The molecule has 1 aromatic rings. The lowest BCUT2D eigenvalue weighted by Crippen LogP contribution is -2.50. The number of hydrogen-bond acceptors (Lipinski definition) is 2. The van der Waals surface area contributed by atoms with Crippen LogP contribution in [0, 0.1) is 0 Å². The van der Waals surface area contributed by atoms with Crippen molar-refractivity contribution in [3.05, 3.63) is 29.8 Å². The van der Waals surface area contributed by atoms with Crippen molar-refractivity contribution >= 4 is 17.6 Å². The highest BCUT2D eigenvalue weighted by Crippen LogP contribution is 2.15. The van der Waals surface area contributed by atoms with Gasteiger partial charge >= 0.3 is 6.03 Å². The maximum atomic E-state index is 12.4. The minimum Gasteiger partial charge on any atom is -0.352 e. The summed E-state index contributed by atoms with van der Waals surface area (Å²) < 4.78 is 0. The molecule has 3 amide bonds. The maximum absolute atomic E-state index is 12.4. The highest BCUT2D eigenvalue weighted by Gasteiger charge is 2.24. The van der Waals surface area contributed by atoms with Gasteiger partial charge in [0.25, 0.3) is 0 Å². The van der Waals surface area contributed by atoms with Crippen LogP contribution in [0.3, 0.4) is 0 Å². The molecule has 1 aliphatic rings. The first-order valence-corrected chi connectivity index (χ1v) is 8.06. The Morgan fingerprint density at radius 1 is 1.32 bits per heavy atom. The van der Waals surface area contributed by atoms with E-state index in [1.807, 2.05) is 31.2 Å². The molecule has 0 aromatic heterocycles. The van der Waals surface area contributed by atoms with E-state index in [2.05, 4.69) is 17.6 Å². The molecular formula is C17H25N3O2. The van der Waals surface area contributed by atoms with Crippen LogP contribution in [0.2, 0.25) is 0 Å². The minimum atomic E-state index is -0.0938. The van der Waals surface area contributed by atoms with E-state index >= 15 is 0 Å². The number of nitrogens with one attached hydrogen (secondary N) is 2. The molecule has 1 atom stereocenters. The van der Waals surface area contributed by atoms with Crippen molar-refractivity contribution in [3.63, 3.8) is 0 Å². The van der Waals surface area contributed by atoms with Gasteiger partial charge in [-0.25, -0.2) is 4.79 Å². The molecule has 1 fully saturated rings. The molecule has 0 bridgehead atoms. The molecule has 2 rings (SSSR count). The number of urea groups is 1. The second kappa shape index (κ2) is 7.82. The third-order valence-corrected chi connectivity index (χ3v) is 3.98. The Kier molecular flexibility index (Phi) is 5.81. The van der Waals surface area contributed by atoms with E-state index in [4.69, 9.17) is 0 Å². The number of rotatable bonds is 4. The Morgan fingerprint density at radius 2 is 2.14 bits per heavy atom. The first-order valence-electron chi connectivity index (χ1n) is 8.06. The number of anilines is 1. The van der Waals surface area contributed by atoms with Crippen LogP contribution in [0.25, 0.3) is 0 Å². The van der Waals surface area contributed by atoms with E-state index in [0.717, 1.165) is 31.5 Å². The smallest absolute Gasteiger partial charge is 0.321 e. The predicted molar refractivity (Wildman–Crippen MR) is 87.9 cm³/mol. The highest BCUT2D eigenvalue weighted by molar-refractivity contribution is 5.89. The van der Waals surface area contributed by atoms with E-state index in [1.165, 1.54) is 5.56 Å². The molecule has 5 nitrogen and oxygen atoms in total. The van der Waals surface area contributed by atoms with Crippen LogP contribution in [-0.2, 0) is 11.2 Å². The van der Waals surface area contributed by atoms with Crippen molar-refractivity contribution in [2.45, 2.75) is 45.6 Å². The van der Waals surface area contributed by atoms with Gasteiger partial charge in [0.05, 0.1) is 0 Å². The minimum absolute atomic E-state index is 0.0444. The summed E-state index contributed by atoms with van der Waals surface area (Å²) in [6, 6.07) is 7.87. The molecule has 120 valence electrons. The lowest BCUT2D eigenvalue weighted by molar-refractivity contribution is -0.121. The molecule has 1 aromatic carbocycles. The normalized spacial score (nSPS) is 17.9.